The first kappa shape index (κ1) is 18.3. The predicted molar refractivity (Wildman–Crippen MR) is 93.5 cm³/mol. The number of benzene rings is 2. The lowest BCUT2D eigenvalue weighted by Gasteiger charge is -2.12. The Morgan fingerprint density at radius 1 is 0.818 bits per heavy atom. The molecule has 1 N–H and O–H groups in total. The van der Waals surface area contributed by atoms with Crippen LogP contribution in [0.25, 0.3) is 0 Å². The van der Waals surface area contributed by atoms with Crippen molar-refractivity contribution in [3.05, 3.63) is 54.6 Å². The van der Waals surface area contributed by atoms with Crippen LogP contribution in [-0.4, -0.2) is 20.2 Å². The zero-order chi connectivity index (χ0) is 14.8. The maximum absolute atomic E-state index is 5.87. The molecule has 3 nitrogen and oxygen atoms in total. The van der Waals surface area contributed by atoms with Gasteiger partial charge in [-0.3, -0.25) is 0 Å². The second-order valence-corrected chi connectivity index (χ2v) is 4.87. The van der Waals surface area contributed by atoms with Gasteiger partial charge in [-0.1, -0.05) is 30.3 Å². The van der Waals surface area contributed by atoms with Crippen LogP contribution in [0.5, 0.6) is 17.2 Å². The van der Waals surface area contributed by atoms with Crippen LogP contribution in [0.2, 0.25) is 0 Å². The summed E-state index contributed by atoms with van der Waals surface area (Å²) in [7, 11) is 1.98. The van der Waals surface area contributed by atoms with Crippen molar-refractivity contribution in [1.82, 2.24) is 5.32 Å². The van der Waals surface area contributed by atoms with Crippen LogP contribution in [0.4, 0.5) is 0 Å². The van der Waals surface area contributed by atoms with E-state index in [9.17, 15) is 0 Å². The van der Waals surface area contributed by atoms with E-state index in [-0.39, 0.29) is 12.4 Å². The van der Waals surface area contributed by atoms with Gasteiger partial charge in [0.2, 0.25) is 0 Å². The van der Waals surface area contributed by atoms with Crippen molar-refractivity contribution in [2.45, 2.75) is 19.3 Å². The topological polar surface area (TPSA) is 30.5 Å². The molecule has 0 amide bonds. The molecular formula is C18H24ClNO2. The number of nitrogens with one attached hydrogen (secondary N) is 1. The first-order valence-electron chi connectivity index (χ1n) is 7.49. The normalized spacial score (nSPS) is 9.86. The van der Waals surface area contributed by atoms with E-state index >= 15 is 0 Å². The van der Waals surface area contributed by atoms with Gasteiger partial charge in [-0.05, 0) is 57.1 Å². The molecule has 0 aliphatic rings. The molecule has 0 saturated carbocycles. The lowest BCUT2D eigenvalue weighted by Crippen LogP contribution is -2.08. The third kappa shape index (κ3) is 6.37. The minimum absolute atomic E-state index is 0. The van der Waals surface area contributed by atoms with Gasteiger partial charge in [0.25, 0.3) is 0 Å². The monoisotopic (exact) mass is 321 g/mol. The largest absolute Gasteiger partial charge is 0.490 e. The predicted octanol–water partition coefficient (Wildman–Crippen LogP) is 4.67. The van der Waals surface area contributed by atoms with E-state index in [4.69, 9.17) is 9.47 Å². The van der Waals surface area contributed by atoms with Gasteiger partial charge in [-0.15, -0.1) is 12.4 Å². The van der Waals surface area contributed by atoms with Crippen LogP contribution >= 0.6 is 12.4 Å². The molecule has 2 aromatic rings. The van der Waals surface area contributed by atoms with E-state index in [1.807, 2.05) is 61.6 Å². The van der Waals surface area contributed by atoms with Crippen molar-refractivity contribution in [1.29, 1.82) is 0 Å². The van der Waals surface area contributed by atoms with E-state index in [0.717, 1.165) is 36.8 Å². The SMILES string of the molecule is CNCCCCCOc1ccccc1Oc1ccccc1.Cl. The minimum Gasteiger partial charge on any atom is -0.490 e. The lowest BCUT2D eigenvalue weighted by molar-refractivity contribution is 0.292. The van der Waals surface area contributed by atoms with Gasteiger partial charge < -0.3 is 14.8 Å². The van der Waals surface area contributed by atoms with Crippen LogP contribution in [-0.2, 0) is 0 Å². The zero-order valence-electron chi connectivity index (χ0n) is 13.0. The molecule has 0 aliphatic heterocycles. The maximum Gasteiger partial charge on any atom is 0.169 e. The summed E-state index contributed by atoms with van der Waals surface area (Å²) in [5, 5.41) is 3.15. The number of rotatable bonds is 9. The lowest BCUT2D eigenvalue weighted by atomic mass is 10.2. The van der Waals surface area contributed by atoms with E-state index in [1.54, 1.807) is 0 Å². The summed E-state index contributed by atoms with van der Waals surface area (Å²) in [5.41, 5.74) is 0. The highest BCUT2D eigenvalue weighted by Gasteiger charge is 2.05. The highest BCUT2D eigenvalue weighted by Crippen LogP contribution is 2.31. The van der Waals surface area contributed by atoms with Crippen molar-refractivity contribution < 1.29 is 9.47 Å². The second kappa shape index (κ2) is 10.9. The highest BCUT2D eigenvalue weighted by molar-refractivity contribution is 5.85. The molecule has 120 valence electrons. The number of halogens is 1. The average molecular weight is 322 g/mol. The van der Waals surface area contributed by atoms with Crippen molar-refractivity contribution >= 4 is 12.4 Å². The summed E-state index contributed by atoms with van der Waals surface area (Å²) in [6.07, 6.45) is 3.41. The van der Waals surface area contributed by atoms with Crippen LogP contribution in [0, 0.1) is 0 Å². The number of hydrogen-bond donors (Lipinski definition) is 1. The molecule has 0 radical (unpaired) electrons. The summed E-state index contributed by atoms with van der Waals surface area (Å²) in [5.74, 6) is 2.39. The molecule has 2 aromatic carbocycles. The third-order valence-corrected chi connectivity index (χ3v) is 3.15. The Morgan fingerprint density at radius 3 is 2.23 bits per heavy atom. The van der Waals surface area contributed by atoms with Crippen molar-refractivity contribution in [2.75, 3.05) is 20.2 Å². The summed E-state index contributed by atoms with van der Waals surface area (Å²) in [6.45, 7) is 1.78. The van der Waals surface area contributed by atoms with Crippen LogP contribution in [0.15, 0.2) is 54.6 Å². The molecule has 0 saturated heterocycles. The Hall–Kier alpha value is -1.71. The number of hydrogen-bond acceptors (Lipinski definition) is 3. The first-order valence-corrected chi connectivity index (χ1v) is 7.49. The van der Waals surface area contributed by atoms with E-state index in [0.29, 0.717) is 0 Å². The van der Waals surface area contributed by atoms with Crippen LogP contribution < -0.4 is 14.8 Å². The Bertz CT molecular complexity index is 520. The first-order chi connectivity index (χ1) is 10.4. The Morgan fingerprint density at radius 2 is 1.50 bits per heavy atom. The molecule has 2 rings (SSSR count). The summed E-state index contributed by atoms with van der Waals surface area (Å²) < 4.78 is 11.7. The van der Waals surface area contributed by atoms with E-state index in [1.165, 1.54) is 12.8 Å². The summed E-state index contributed by atoms with van der Waals surface area (Å²) in [4.78, 5) is 0. The molecule has 0 aliphatic carbocycles. The number of ether oxygens (including phenoxy) is 2. The van der Waals surface area contributed by atoms with E-state index in [2.05, 4.69) is 5.32 Å². The summed E-state index contributed by atoms with van der Waals surface area (Å²) in [6, 6.07) is 17.6. The Kier molecular flexibility index (Phi) is 9.12. The van der Waals surface area contributed by atoms with Gasteiger partial charge in [0, 0.05) is 0 Å². The molecule has 0 unspecified atom stereocenters. The van der Waals surface area contributed by atoms with Crippen LogP contribution in [0.1, 0.15) is 19.3 Å². The van der Waals surface area contributed by atoms with Gasteiger partial charge in [-0.25, -0.2) is 0 Å². The highest BCUT2D eigenvalue weighted by atomic mass is 35.5. The van der Waals surface area contributed by atoms with Gasteiger partial charge in [0.15, 0.2) is 11.5 Å². The maximum atomic E-state index is 5.87. The molecule has 0 fully saturated rings. The van der Waals surface area contributed by atoms with Gasteiger partial charge in [0.1, 0.15) is 5.75 Å². The van der Waals surface area contributed by atoms with Crippen LogP contribution in [0.3, 0.4) is 0 Å². The molecule has 22 heavy (non-hydrogen) atoms. The number of unbranched alkanes of at least 4 members (excludes halogenated alkanes) is 2. The van der Waals surface area contributed by atoms with Gasteiger partial charge in [0.05, 0.1) is 6.61 Å². The fourth-order valence-electron chi connectivity index (χ4n) is 2.03. The smallest absolute Gasteiger partial charge is 0.169 e. The van der Waals surface area contributed by atoms with E-state index < -0.39 is 0 Å². The van der Waals surface area contributed by atoms with Crippen molar-refractivity contribution in [2.24, 2.45) is 0 Å². The van der Waals surface area contributed by atoms with Crippen molar-refractivity contribution in [3.8, 4) is 17.2 Å². The Labute approximate surface area is 139 Å². The van der Waals surface area contributed by atoms with Crippen molar-refractivity contribution in [3.63, 3.8) is 0 Å². The second-order valence-electron chi connectivity index (χ2n) is 4.87. The summed E-state index contributed by atoms with van der Waals surface area (Å²) >= 11 is 0. The minimum atomic E-state index is 0. The standard InChI is InChI=1S/C18H23NO2.ClH/c1-19-14-8-3-9-15-20-17-12-6-7-13-18(17)21-16-10-4-2-5-11-16;/h2,4-7,10-13,19H,3,8-9,14-15H2,1H3;1H. The molecular weight excluding hydrogens is 298 g/mol. The van der Waals surface area contributed by atoms with Gasteiger partial charge in [-0.2, -0.15) is 0 Å². The fourth-order valence-corrected chi connectivity index (χ4v) is 2.03. The molecule has 0 spiro atoms. The molecule has 0 heterocycles. The quantitative estimate of drug-likeness (QED) is 0.681. The molecule has 0 aromatic heterocycles. The Balaban J connectivity index is 0.00000242. The fraction of sp³-hybridized carbons (Fsp3) is 0.333. The zero-order valence-corrected chi connectivity index (χ0v) is 13.8. The molecule has 0 bridgehead atoms. The van der Waals surface area contributed by atoms with Gasteiger partial charge >= 0.3 is 0 Å². The number of para-hydroxylation sites is 3. The third-order valence-electron chi connectivity index (χ3n) is 3.15. The molecule has 0 atom stereocenters. The molecule has 4 heteroatoms. The average Bonchev–Trinajstić information content (AvgIpc) is 2.53.